The number of urea groups is 1. The summed E-state index contributed by atoms with van der Waals surface area (Å²) in [4.78, 5) is 27.9. The molecular weight excluding hydrogens is 380 g/mol. The number of hydrogen-bond acceptors (Lipinski definition) is 5. The molecule has 3 amide bonds. The number of hydrazone groups is 1. The van der Waals surface area contributed by atoms with E-state index in [9.17, 15) is 9.59 Å². The van der Waals surface area contributed by atoms with Crippen molar-refractivity contribution in [1.29, 1.82) is 0 Å². The molecule has 1 aromatic heterocycles. The van der Waals surface area contributed by atoms with Crippen molar-refractivity contribution in [2.75, 3.05) is 33.7 Å². The Hall–Kier alpha value is -2.64. The summed E-state index contributed by atoms with van der Waals surface area (Å²) in [6, 6.07) is 10.5. The molecule has 0 N–H and O–H groups in total. The Kier molecular flexibility index (Phi) is 6.49. The Morgan fingerprint density at radius 2 is 1.93 bits per heavy atom. The van der Waals surface area contributed by atoms with Crippen molar-refractivity contribution in [3.8, 4) is 11.3 Å². The lowest BCUT2D eigenvalue weighted by molar-refractivity contribution is -0.131. The van der Waals surface area contributed by atoms with Gasteiger partial charge in [-0.3, -0.25) is 9.69 Å². The van der Waals surface area contributed by atoms with Crippen LogP contribution in [-0.4, -0.2) is 66.7 Å². The van der Waals surface area contributed by atoms with Crippen LogP contribution in [0.3, 0.4) is 0 Å². The molecule has 0 spiro atoms. The second-order valence-electron chi connectivity index (χ2n) is 6.81. The van der Waals surface area contributed by atoms with Gasteiger partial charge < -0.3 is 9.32 Å². The van der Waals surface area contributed by atoms with E-state index in [1.165, 1.54) is 16.1 Å². The third-order valence-electron chi connectivity index (χ3n) is 4.36. The minimum Gasteiger partial charge on any atom is -0.455 e. The number of carbonyl (C=O) groups is 2. The molecule has 2 heterocycles. The molecule has 0 saturated carbocycles. The molecule has 148 valence electrons. The SMILES string of the molecule is CN(C)CCCN1C(=O)CCN(N=Cc2ccc(-c3ccc(Cl)cc3)o2)C1=O. The van der Waals surface area contributed by atoms with Gasteiger partial charge in [-0.1, -0.05) is 11.6 Å². The van der Waals surface area contributed by atoms with Crippen LogP contribution in [0.15, 0.2) is 45.9 Å². The second kappa shape index (κ2) is 9.03. The van der Waals surface area contributed by atoms with Crippen LogP contribution >= 0.6 is 11.6 Å². The zero-order valence-electron chi connectivity index (χ0n) is 16.0. The first kappa shape index (κ1) is 20.1. The van der Waals surface area contributed by atoms with Crippen molar-refractivity contribution in [3.05, 3.63) is 47.2 Å². The number of rotatable bonds is 7. The van der Waals surface area contributed by atoms with E-state index < -0.39 is 6.03 Å². The number of amides is 3. The number of hydrogen-bond donors (Lipinski definition) is 0. The third kappa shape index (κ3) is 4.99. The Bertz CT molecular complexity index is 861. The molecule has 8 heteroatoms. The Morgan fingerprint density at radius 3 is 2.64 bits per heavy atom. The number of imide groups is 1. The van der Waals surface area contributed by atoms with Crippen molar-refractivity contribution in [1.82, 2.24) is 14.8 Å². The summed E-state index contributed by atoms with van der Waals surface area (Å²) in [5.41, 5.74) is 0.899. The van der Waals surface area contributed by atoms with Gasteiger partial charge >= 0.3 is 6.03 Å². The summed E-state index contributed by atoms with van der Waals surface area (Å²) in [5.74, 6) is 1.05. The lowest BCUT2D eigenvalue weighted by Gasteiger charge is -2.31. The van der Waals surface area contributed by atoms with Crippen molar-refractivity contribution >= 4 is 29.8 Å². The van der Waals surface area contributed by atoms with E-state index in [1.54, 1.807) is 18.2 Å². The van der Waals surface area contributed by atoms with E-state index in [1.807, 2.05) is 37.2 Å². The van der Waals surface area contributed by atoms with Crippen molar-refractivity contribution in [2.24, 2.45) is 5.10 Å². The van der Waals surface area contributed by atoms with Crippen LogP contribution in [0.5, 0.6) is 0 Å². The zero-order chi connectivity index (χ0) is 20.1. The normalized spacial score (nSPS) is 15.3. The highest BCUT2D eigenvalue weighted by atomic mass is 35.5. The highest BCUT2D eigenvalue weighted by molar-refractivity contribution is 6.30. The quantitative estimate of drug-likeness (QED) is 0.664. The van der Waals surface area contributed by atoms with E-state index in [0.29, 0.717) is 23.1 Å². The molecule has 1 saturated heterocycles. The van der Waals surface area contributed by atoms with Crippen molar-refractivity contribution in [3.63, 3.8) is 0 Å². The van der Waals surface area contributed by atoms with Gasteiger partial charge in [-0.15, -0.1) is 0 Å². The van der Waals surface area contributed by atoms with Crippen molar-refractivity contribution < 1.29 is 14.0 Å². The number of nitrogens with zero attached hydrogens (tertiary/aromatic N) is 4. The number of furan rings is 1. The fraction of sp³-hybridized carbons (Fsp3) is 0.350. The lowest BCUT2D eigenvalue weighted by atomic mass is 10.2. The summed E-state index contributed by atoms with van der Waals surface area (Å²) >= 11 is 5.90. The first-order valence-electron chi connectivity index (χ1n) is 9.10. The molecule has 28 heavy (non-hydrogen) atoms. The third-order valence-corrected chi connectivity index (χ3v) is 4.61. The van der Waals surface area contributed by atoms with Gasteiger partial charge in [-0.05, 0) is 63.5 Å². The highest BCUT2D eigenvalue weighted by Gasteiger charge is 2.31. The van der Waals surface area contributed by atoms with Gasteiger partial charge in [0.2, 0.25) is 5.91 Å². The molecule has 7 nitrogen and oxygen atoms in total. The van der Waals surface area contributed by atoms with Crippen LogP contribution in [0.1, 0.15) is 18.6 Å². The van der Waals surface area contributed by atoms with Gasteiger partial charge in [0.25, 0.3) is 0 Å². The van der Waals surface area contributed by atoms with E-state index >= 15 is 0 Å². The lowest BCUT2D eigenvalue weighted by Crippen LogP contribution is -2.50. The molecule has 0 bridgehead atoms. The van der Waals surface area contributed by atoms with Gasteiger partial charge in [-0.2, -0.15) is 5.10 Å². The van der Waals surface area contributed by atoms with E-state index in [2.05, 4.69) is 5.10 Å². The molecule has 0 aliphatic carbocycles. The highest BCUT2D eigenvalue weighted by Crippen LogP contribution is 2.23. The minimum atomic E-state index is -0.393. The summed E-state index contributed by atoms with van der Waals surface area (Å²) in [6.45, 7) is 1.46. The average Bonchev–Trinajstić information content (AvgIpc) is 3.13. The van der Waals surface area contributed by atoms with Crippen LogP contribution < -0.4 is 0 Å². The molecule has 1 aliphatic rings. The zero-order valence-corrected chi connectivity index (χ0v) is 16.7. The van der Waals surface area contributed by atoms with Crippen LogP contribution in [0.2, 0.25) is 5.02 Å². The standard InChI is InChI=1S/C20H23ClN4O3/c1-23(2)11-3-12-24-19(26)10-13-25(20(24)27)22-14-17-8-9-18(28-17)15-4-6-16(21)7-5-15/h4-9,14H,3,10-13H2,1-2H3. The smallest absolute Gasteiger partial charge is 0.347 e. The monoisotopic (exact) mass is 402 g/mol. The first-order valence-corrected chi connectivity index (χ1v) is 9.48. The van der Waals surface area contributed by atoms with E-state index in [4.69, 9.17) is 16.0 Å². The Morgan fingerprint density at radius 1 is 1.18 bits per heavy atom. The number of benzene rings is 1. The maximum atomic E-state index is 12.6. The molecule has 0 radical (unpaired) electrons. The van der Waals surface area contributed by atoms with Crippen LogP contribution in [0.4, 0.5) is 4.79 Å². The van der Waals surface area contributed by atoms with Gasteiger partial charge in [0.05, 0.1) is 12.8 Å². The Balaban J connectivity index is 1.64. The fourth-order valence-corrected chi connectivity index (χ4v) is 2.99. The fourth-order valence-electron chi connectivity index (χ4n) is 2.87. The second-order valence-corrected chi connectivity index (χ2v) is 7.25. The predicted molar refractivity (Wildman–Crippen MR) is 108 cm³/mol. The summed E-state index contributed by atoms with van der Waals surface area (Å²) in [5, 5.41) is 6.19. The molecule has 3 rings (SSSR count). The summed E-state index contributed by atoms with van der Waals surface area (Å²) < 4.78 is 5.76. The van der Waals surface area contributed by atoms with Gasteiger partial charge in [-0.25, -0.2) is 9.80 Å². The summed E-state index contributed by atoms with van der Waals surface area (Å²) in [6.07, 6.45) is 2.48. The van der Waals surface area contributed by atoms with Gasteiger partial charge in [0.1, 0.15) is 11.5 Å². The molecule has 0 unspecified atom stereocenters. The number of halogens is 1. The van der Waals surface area contributed by atoms with E-state index in [0.717, 1.165) is 18.5 Å². The van der Waals surface area contributed by atoms with Gasteiger partial charge in [0.15, 0.2) is 0 Å². The topological polar surface area (TPSA) is 69.4 Å². The number of carbonyl (C=O) groups excluding carboxylic acids is 2. The first-order chi connectivity index (χ1) is 13.4. The molecule has 0 atom stereocenters. The Labute approximate surface area is 169 Å². The maximum Gasteiger partial charge on any atom is 0.347 e. The molecule has 2 aromatic rings. The summed E-state index contributed by atoms with van der Waals surface area (Å²) in [7, 11) is 3.91. The molecule has 1 fully saturated rings. The minimum absolute atomic E-state index is 0.154. The molecular formula is C20H23ClN4O3. The van der Waals surface area contributed by atoms with Crippen molar-refractivity contribution in [2.45, 2.75) is 12.8 Å². The average molecular weight is 403 g/mol. The van der Waals surface area contributed by atoms with Crippen LogP contribution in [0.25, 0.3) is 11.3 Å². The molecule has 1 aliphatic heterocycles. The van der Waals surface area contributed by atoms with Crippen LogP contribution in [-0.2, 0) is 4.79 Å². The maximum absolute atomic E-state index is 12.6. The molecule has 1 aromatic carbocycles. The van der Waals surface area contributed by atoms with Crippen LogP contribution in [0, 0.1) is 0 Å². The van der Waals surface area contributed by atoms with E-state index in [-0.39, 0.29) is 18.9 Å². The van der Waals surface area contributed by atoms with Gasteiger partial charge in [0, 0.05) is 23.6 Å². The largest absolute Gasteiger partial charge is 0.455 e. The predicted octanol–water partition coefficient (Wildman–Crippen LogP) is 3.54.